The molecule has 0 aromatic heterocycles. The zero-order chi connectivity index (χ0) is 12.8. The first-order chi connectivity index (χ1) is 8.81. The van der Waals surface area contributed by atoms with E-state index in [0.29, 0.717) is 19.1 Å². The average molecular weight is 248 g/mol. The first-order valence-corrected chi connectivity index (χ1v) is 6.62. The van der Waals surface area contributed by atoms with Crippen LogP contribution >= 0.6 is 0 Å². The van der Waals surface area contributed by atoms with E-state index < -0.39 is 0 Å². The second-order valence-corrected chi connectivity index (χ2v) is 4.62. The summed E-state index contributed by atoms with van der Waals surface area (Å²) < 4.78 is 10.2. The van der Waals surface area contributed by atoms with Gasteiger partial charge in [0.05, 0.1) is 13.2 Å². The second-order valence-electron chi connectivity index (χ2n) is 4.62. The fraction of sp³-hybridized carbons (Fsp3) is 0.533. The van der Waals surface area contributed by atoms with Gasteiger partial charge in [0, 0.05) is 0 Å². The van der Waals surface area contributed by atoms with E-state index in [1.54, 1.807) is 6.92 Å². The summed E-state index contributed by atoms with van der Waals surface area (Å²) in [6, 6.07) is 8.35. The van der Waals surface area contributed by atoms with E-state index in [1.165, 1.54) is 30.4 Å². The highest BCUT2D eigenvalue weighted by molar-refractivity contribution is 5.70. The molecule has 0 amide bonds. The third-order valence-electron chi connectivity index (χ3n) is 3.38. The monoisotopic (exact) mass is 248 g/mol. The molecule has 0 spiro atoms. The van der Waals surface area contributed by atoms with Gasteiger partial charge in [-0.3, -0.25) is 0 Å². The van der Waals surface area contributed by atoms with Crippen molar-refractivity contribution >= 4 is 5.97 Å². The molecule has 0 unspecified atom stereocenters. The van der Waals surface area contributed by atoms with Gasteiger partial charge in [-0.05, 0) is 36.8 Å². The number of carbonyl (C=O) groups is 1. The Labute approximate surface area is 108 Å². The van der Waals surface area contributed by atoms with Crippen LogP contribution in [0.25, 0.3) is 0 Å². The van der Waals surface area contributed by atoms with Crippen molar-refractivity contribution in [2.24, 2.45) is 0 Å². The van der Waals surface area contributed by atoms with Gasteiger partial charge in [0.15, 0.2) is 0 Å². The Balaban J connectivity index is 1.86. The molecule has 1 aromatic carbocycles. The van der Waals surface area contributed by atoms with Gasteiger partial charge in [-0.2, -0.15) is 0 Å². The maximum atomic E-state index is 11.2. The first kappa shape index (κ1) is 13.1. The maximum Gasteiger partial charge on any atom is 0.332 e. The van der Waals surface area contributed by atoms with E-state index in [9.17, 15) is 4.79 Å². The molecule has 3 heteroatoms. The van der Waals surface area contributed by atoms with Crippen LogP contribution in [0, 0.1) is 0 Å². The summed E-state index contributed by atoms with van der Waals surface area (Å²) in [5.41, 5.74) is 2.58. The van der Waals surface area contributed by atoms with Gasteiger partial charge in [-0.25, -0.2) is 4.79 Å². The number of benzene rings is 1. The number of hydrogen-bond acceptors (Lipinski definition) is 3. The topological polar surface area (TPSA) is 35.5 Å². The van der Waals surface area contributed by atoms with Crippen LogP contribution in [0.15, 0.2) is 24.3 Å². The Morgan fingerprint density at radius 1 is 1.33 bits per heavy atom. The molecule has 98 valence electrons. The molecule has 0 N–H and O–H groups in total. The quantitative estimate of drug-likeness (QED) is 0.726. The number of esters is 1. The highest BCUT2D eigenvalue weighted by Crippen LogP contribution is 2.38. The molecule has 1 aliphatic rings. The molecule has 0 saturated heterocycles. The first-order valence-electron chi connectivity index (χ1n) is 6.62. The van der Waals surface area contributed by atoms with Crippen molar-refractivity contribution < 1.29 is 14.3 Å². The smallest absolute Gasteiger partial charge is 0.332 e. The van der Waals surface area contributed by atoms with Gasteiger partial charge < -0.3 is 9.47 Å². The Hall–Kier alpha value is -1.35. The van der Waals surface area contributed by atoms with Crippen molar-refractivity contribution in [1.29, 1.82) is 0 Å². The van der Waals surface area contributed by atoms with Gasteiger partial charge in [0.2, 0.25) is 0 Å². The van der Waals surface area contributed by atoms with Crippen LogP contribution in [0.3, 0.4) is 0 Å². The van der Waals surface area contributed by atoms with E-state index in [4.69, 9.17) is 9.47 Å². The summed E-state index contributed by atoms with van der Waals surface area (Å²) in [4.78, 5) is 11.2. The van der Waals surface area contributed by atoms with Gasteiger partial charge in [-0.15, -0.1) is 0 Å². The minimum Gasteiger partial charge on any atom is -0.464 e. The molecule has 1 saturated carbocycles. The molecule has 0 atom stereocenters. The average Bonchev–Trinajstić information content (AvgIpc) is 2.29. The molecule has 0 aliphatic heterocycles. The summed E-state index contributed by atoms with van der Waals surface area (Å²) in [5, 5.41) is 0. The zero-order valence-corrected chi connectivity index (χ0v) is 10.9. The summed E-state index contributed by atoms with van der Waals surface area (Å²) in [5.74, 6) is 0.394. The van der Waals surface area contributed by atoms with Gasteiger partial charge in [-0.1, -0.05) is 30.7 Å². The van der Waals surface area contributed by atoms with Crippen LogP contribution in [-0.2, 0) is 20.9 Å². The Morgan fingerprint density at radius 2 is 2.11 bits per heavy atom. The van der Waals surface area contributed by atoms with Crippen molar-refractivity contribution in [2.45, 2.75) is 38.7 Å². The van der Waals surface area contributed by atoms with Gasteiger partial charge >= 0.3 is 5.97 Å². The SMILES string of the molecule is CCOC(=O)COCc1ccccc1C1CCC1. The summed E-state index contributed by atoms with van der Waals surface area (Å²) in [6.45, 7) is 2.73. The van der Waals surface area contributed by atoms with Crippen molar-refractivity contribution in [1.82, 2.24) is 0 Å². The number of carbonyl (C=O) groups excluding carboxylic acids is 1. The molecular weight excluding hydrogens is 228 g/mol. The van der Waals surface area contributed by atoms with E-state index in [1.807, 2.05) is 6.07 Å². The van der Waals surface area contributed by atoms with Crippen LogP contribution < -0.4 is 0 Å². The normalized spacial score (nSPS) is 15.2. The van der Waals surface area contributed by atoms with Gasteiger partial charge in [0.25, 0.3) is 0 Å². The summed E-state index contributed by atoms with van der Waals surface area (Å²) in [7, 11) is 0. The molecule has 3 nitrogen and oxygen atoms in total. The van der Waals surface area contributed by atoms with E-state index in [0.717, 1.165) is 0 Å². The molecule has 0 heterocycles. The Kier molecular flexibility index (Phi) is 4.76. The molecule has 1 aliphatic carbocycles. The van der Waals surface area contributed by atoms with Gasteiger partial charge in [0.1, 0.15) is 6.61 Å². The van der Waals surface area contributed by atoms with Crippen LogP contribution in [-0.4, -0.2) is 19.2 Å². The van der Waals surface area contributed by atoms with E-state index in [-0.39, 0.29) is 12.6 Å². The van der Waals surface area contributed by atoms with Crippen molar-refractivity contribution in [2.75, 3.05) is 13.2 Å². The highest BCUT2D eigenvalue weighted by Gasteiger charge is 2.21. The third-order valence-corrected chi connectivity index (χ3v) is 3.38. The number of rotatable bonds is 6. The van der Waals surface area contributed by atoms with Crippen LogP contribution in [0.4, 0.5) is 0 Å². The molecule has 1 aromatic rings. The standard InChI is InChI=1S/C15H20O3/c1-2-18-15(16)11-17-10-13-6-3-4-9-14(13)12-7-5-8-12/h3-4,6,9,12H,2,5,7-8,10-11H2,1H3. The van der Waals surface area contributed by atoms with E-state index in [2.05, 4.69) is 18.2 Å². The molecule has 2 rings (SSSR count). The molecular formula is C15H20O3. The largest absolute Gasteiger partial charge is 0.464 e. The Bertz CT molecular complexity index is 396. The highest BCUT2D eigenvalue weighted by atomic mass is 16.6. The molecule has 0 bridgehead atoms. The van der Waals surface area contributed by atoms with Crippen molar-refractivity contribution in [3.8, 4) is 0 Å². The van der Waals surface area contributed by atoms with E-state index >= 15 is 0 Å². The molecule has 18 heavy (non-hydrogen) atoms. The van der Waals surface area contributed by atoms with Crippen LogP contribution in [0.5, 0.6) is 0 Å². The lowest BCUT2D eigenvalue weighted by molar-refractivity contribution is -0.148. The minimum absolute atomic E-state index is 0.0346. The molecule has 0 radical (unpaired) electrons. The third kappa shape index (κ3) is 3.33. The maximum absolute atomic E-state index is 11.2. The molecule has 1 fully saturated rings. The van der Waals surface area contributed by atoms with Crippen molar-refractivity contribution in [3.05, 3.63) is 35.4 Å². The summed E-state index contributed by atoms with van der Waals surface area (Å²) >= 11 is 0. The second kappa shape index (κ2) is 6.55. The number of hydrogen-bond donors (Lipinski definition) is 0. The minimum atomic E-state index is -0.293. The lowest BCUT2D eigenvalue weighted by Crippen LogP contribution is -2.14. The Morgan fingerprint density at radius 3 is 2.78 bits per heavy atom. The fourth-order valence-electron chi connectivity index (χ4n) is 2.23. The fourth-order valence-corrected chi connectivity index (χ4v) is 2.23. The lowest BCUT2D eigenvalue weighted by atomic mass is 9.78. The van der Waals surface area contributed by atoms with Crippen LogP contribution in [0.2, 0.25) is 0 Å². The zero-order valence-electron chi connectivity index (χ0n) is 10.9. The predicted molar refractivity (Wildman–Crippen MR) is 69.3 cm³/mol. The number of ether oxygens (including phenoxy) is 2. The predicted octanol–water partition coefficient (Wildman–Crippen LogP) is 3.03. The lowest BCUT2D eigenvalue weighted by Gasteiger charge is -2.27. The van der Waals surface area contributed by atoms with Crippen LogP contribution in [0.1, 0.15) is 43.2 Å². The summed E-state index contributed by atoms with van der Waals surface area (Å²) in [6.07, 6.45) is 3.87. The van der Waals surface area contributed by atoms with Crippen molar-refractivity contribution in [3.63, 3.8) is 0 Å².